The van der Waals surface area contributed by atoms with E-state index in [0.717, 1.165) is 22.2 Å². The van der Waals surface area contributed by atoms with Crippen molar-refractivity contribution in [2.75, 3.05) is 4.90 Å². The van der Waals surface area contributed by atoms with E-state index >= 15 is 0 Å². The molecule has 6 heteroatoms. The summed E-state index contributed by atoms with van der Waals surface area (Å²) in [5.74, 6) is 0.293. The predicted octanol–water partition coefficient (Wildman–Crippen LogP) is 7.74. The van der Waals surface area contributed by atoms with Crippen LogP contribution in [0.1, 0.15) is 35.1 Å². The van der Waals surface area contributed by atoms with Gasteiger partial charge >= 0.3 is 6.18 Å². The second-order valence-electron chi connectivity index (χ2n) is 7.56. The fourth-order valence-electron chi connectivity index (χ4n) is 3.69. The van der Waals surface area contributed by atoms with Gasteiger partial charge in [-0.3, -0.25) is 0 Å². The number of halogens is 4. The number of hydrogen-bond donors (Lipinski definition) is 0. The van der Waals surface area contributed by atoms with E-state index in [1.54, 1.807) is 30.0 Å². The number of allylic oxidation sites excluding steroid dienone is 1. The zero-order chi connectivity index (χ0) is 22.0. The average Bonchev–Trinajstić information content (AvgIpc) is 2.74. The average molecular weight is 444 g/mol. The number of alkyl halides is 3. The van der Waals surface area contributed by atoms with Crippen LogP contribution in [0.5, 0.6) is 0 Å². The molecule has 1 heterocycles. The number of hydrogen-bond acceptors (Lipinski definition) is 2. The van der Waals surface area contributed by atoms with Crippen molar-refractivity contribution in [3.8, 4) is 0 Å². The molecule has 0 saturated carbocycles. The molecule has 4 rings (SSSR count). The second kappa shape index (κ2) is 8.79. The van der Waals surface area contributed by atoms with Crippen LogP contribution in [0.25, 0.3) is 0 Å². The Bertz CT molecular complexity index is 1090. The zero-order valence-electron chi connectivity index (χ0n) is 16.9. The standard InChI is InChI=1S/C25H21F4NS/c1-17-12-24(31-16-18-6-3-2-4-7-18)30(15-19-8-5-9-21(26)13-19)23-14-20(25(27,28)29)10-11-22(17)23/h2-14,17H,15-16H2,1H3. The highest BCUT2D eigenvalue weighted by atomic mass is 32.2. The molecule has 31 heavy (non-hydrogen) atoms. The van der Waals surface area contributed by atoms with Crippen LogP contribution in [0, 0.1) is 5.82 Å². The first-order valence-electron chi connectivity index (χ1n) is 9.93. The molecule has 0 N–H and O–H groups in total. The van der Waals surface area contributed by atoms with Gasteiger partial charge in [0.05, 0.1) is 10.6 Å². The summed E-state index contributed by atoms with van der Waals surface area (Å²) in [5, 5.41) is 0.868. The predicted molar refractivity (Wildman–Crippen MR) is 118 cm³/mol. The molecule has 0 aromatic heterocycles. The van der Waals surface area contributed by atoms with E-state index in [4.69, 9.17) is 0 Å². The SMILES string of the molecule is CC1C=C(SCc2ccccc2)N(Cc2cccc(F)c2)c2cc(C(F)(F)F)ccc21. The molecule has 0 spiro atoms. The van der Waals surface area contributed by atoms with Gasteiger partial charge in [0.25, 0.3) is 0 Å². The van der Waals surface area contributed by atoms with Crippen molar-refractivity contribution >= 4 is 17.4 Å². The molecule has 0 bridgehead atoms. The minimum atomic E-state index is -4.43. The Morgan fingerprint density at radius 1 is 0.903 bits per heavy atom. The number of benzene rings is 3. The van der Waals surface area contributed by atoms with E-state index in [0.29, 0.717) is 17.0 Å². The van der Waals surface area contributed by atoms with Gasteiger partial charge in [-0.05, 0) is 47.0 Å². The largest absolute Gasteiger partial charge is 0.416 e. The van der Waals surface area contributed by atoms with E-state index in [1.807, 2.05) is 42.2 Å². The maximum Gasteiger partial charge on any atom is 0.416 e. The highest BCUT2D eigenvalue weighted by Gasteiger charge is 2.33. The second-order valence-corrected chi connectivity index (χ2v) is 8.55. The van der Waals surface area contributed by atoms with E-state index in [9.17, 15) is 17.6 Å². The molecule has 160 valence electrons. The Labute approximate surface area is 183 Å². The Hall–Kier alpha value is -2.73. The summed E-state index contributed by atoms with van der Waals surface area (Å²) < 4.78 is 54.1. The minimum Gasteiger partial charge on any atom is -0.332 e. The van der Waals surface area contributed by atoms with Crippen molar-refractivity contribution in [2.45, 2.75) is 31.3 Å². The first kappa shape index (κ1) is 21.5. The topological polar surface area (TPSA) is 3.24 Å². The fraction of sp³-hybridized carbons (Fsp3) is 0.200. The molecule has 1 atom stereocenters. The lowest BCUT2D eigenvalue weighted by atomic mass is 9.93. The molecule has 1 aliphatic heterocycles. The van der Waals surface area contributed by atoms with Crippen molar-refractivity contribution in [2.24, 2.45) is 0 Å². The van der Waals surface area contributed by atoms with Crippen LogP contribution in [0.15, 0.2) is 83.9 Å². The first-order valence-corrected chi connectivity index (χ1v) is 10.9. The van der Waals surface area contributed by atoms with Gasteiger partial charge in [-0.25, -0.2) is 4.39 Å². The molecular weight excluding hydrogens is 422 g/mol. The number of rotatable bonds is 5. The maximum absolute atomic E-state index is 13.8. The van der Waals surface area contributed by atoms with Gasteiger partial charge in [-0.2, -0.15) is 13.2 Å². The first-order chi connectivity index (χ1) is 14.8. The van der Waals surface area contributed by atoms with Crippen molar-refractivity contribution in [1.29, 1.82) is 0 Å². The van der Waals surface area contributed by atoms with Crippen molar-refractivity contribution in [3.05, 3.63) is 112 Å². The smallest absolute Gasteiger partial charge is 0.332 e. The number of fused-ring (bicyclic) bond motifs is 1. The summed E-state index contributed by atoms with van der Waals surface area (Å²) in [7, 11) is 0. The van der Waals surface area contributed by atoms with Gasteiger partial charge in [0.1, 0.15) is 5.82 Å². The summed E-state index contributed by atoms with van der Waals surface area (Å²) in [4.78, 5) is 1.87. The normalized spacial score (nSPS) is 16.1. The molecule has 1 unspecified atom stereocenters. The van der Waals surface area contributed by atoms with Crippen LogP contribution in [-0.2, 0) is 18.5 Å². The van der Waals surface area contributed by atoms with Gasteiger partial charge in [0, 0.05) is 23.9 Å². The molecule has 0 amide bonds. The van der Waals surface area contributed by atoms with Gasteiger partial charge in [-0.1, -0.05) is 55.5 Å². The van der Waals surface area contributed by atoms with Crippen LogP contribution < -0.4 is 4.90 Å². The van der Waals surface area contributed by atoms with Crippen LogP contribution in [0.2, 0.25) is 0 Å². The van der Waals surface area contributed by atoms with Gasteiger partial charge < -0.3 is 4.90 Å². The molecule has 0 fully saturated rings. The van der Waals surface area contributed by atoms with E-state index < -0.39 is 11.7 Å². The van der Waals surface area contributed by atoms with Gasteiger partial charge in [-0.15, -0.1) is 11.8 Å². The fourth-order valence-corrected chi connectivity index (χ4v) is 4.82. The quantitative estimate of drug-likeness (QED) is 0.371. The maximum atomic E-state index is 13.8. The third-order valence-electron chi connectivity index (χ3n) is 5.26. The number of thioether (sulfide) groups is 1. The molecule has 0 radical (unpaired) electrons. The summed E-state index contributed by atoms with van der Waals surface area (Å²) in [6.45, 7) is 2.26. The Kier molecular flexibility index (Phi) is 6.10. The van der Waals surface area contributed by atoms with Crippen LogP contribution in [0.4, 0.5) is 23.2 Å². The lowest BCUT2D eigenvalue weighted by molar-refractivity contribution is -0.137. The third-order valence-corrected chi connectivity index (χ3v) is 6.39. The summed E-state index contributed by atoms with van der Waals surface area (Å²) in [6, 6.07) is 20.0. The lowest BCUT2D eigenvalue weighted by Crippen LogP contribution is -2.26. The molecule has 0 saturated heterocycles. The summed E-state index contributed by atoms with van der Waals surface area (Å²) >= 11 is 1.57. The van der Waals surface area contributed by atoms with Crippen molar-refractivity contribution < 1.29 is 17.6 Å². The monoisotopic (exact) mass is 443 g/mol. The highest BCUT2D eigenvalue weighted by Crippen LogP contribution is 2.44. The van der Waals surface area contributed by atoms with Crippen LogP contribution in [-0.4, -0.2) is 0 Å². The Morgan fingerprint density at radius 3 is 2.35 bits per heavy atom. The van der Waals surface area contributed by atoms with E-state index in [-0.39, 0.29) is 18.3 Å². The van der Waals surface area contributed by atoms with E-state index in [1.165, 1.54) is 18.2 Å². The van der Waals surface area contributed by atoms with Gasteiger partial charge in [0.15, 0.2) is 0 Å². The number of anilines is 1. The highest BCUT2D eigenvalue weighted by molar-refractivity contribution is 8.02. The third kappa shape index (κ3) is 4.96. The molecular formula is C25H21F4NS. The summed E-state index contributed by atoms with van der Waals surface area (Å²) in [5.41, 5.74) is 2.49. The zero-order valence-corrected chi connectivity index (χ0v) is 17.7. The Morgan fingerprint density at radius 2 is 1.65 bits per heavy atom. The molecule has 0 aliphatic carbocycles. The minimum absolute atomic E-state index is 0.0284. The molecule has 3 aromatic carbocycles. The van der Waals surface area contributed by atoms with E-state index in [2.05, 4.69) is 6.08 Å². The molecule has 1 nitrogen and oxygen atoms in total. The summed E-state index contributed by atoms with van der Waals surface area (Å²) in [6.07, 6.45) is -2.36. The molecule has 1 aliphatic rings. The Balaban J connectivity index is 1.72. The van der Waals surface area contributed by atoms with Crippen molar-refractivity contribution in [1.82, 2.24) is 0 Å². The van der Waals surface area contributed by atoms with Crippen molar-refractivity contribution in [3.63, 3.8) is 0 Å². The van der Waals surface area contributed by atoms with Crippen LogP contribution in [0.3, 0.4) is 0 Å². The number of nitrogens with zero attached hydrogens (tertiary/aromatic N) is 1. The lowest BCUT2D eigenvalue weighted by Gasteiger charge is -2.35. The van der Waals surface area contributed by atoms with Gasteiger partial charge in [0.2, 0.25) is 0 Å². The molecule has 3 aromatic rings. The van der Waals surface area contributed by atoms with Crippen LogP contribution >= 0.6 is 11.8 Å².